The molecular weight excluding hydrogens is 230 g/mol. The first-order valence-corrected chi connectivity index (χ1v) is 7.03. The Kier molecular flexibility index (Phi) is 4.58. The molecule has 2 rings (SSSR count). The van der Waals surface area contributed by atoms with Crippen LogP contribution in [0.4, 0.5) is 6.01 Å². The Labute approximate surface area is 108 Å². The first-order chi connectivity index (χ1) is 8.80. The Morgan fingerprint density at radius 2 is 1.94 bits per heavy atom. The molecule has 1 saturated carbocycles. The molecule has 0 spiro atoms. The zero-order valence-corrected chi connectivity index (χ0v) is 11.4. The first-order valence-electron chi connectivity index (χ1n) is 7.03. The highest BCUT2D eigenvalue weighted by Gasteiger charge is 2.38. The van der Waals surface area contributed by atoms with Crippen molar-refractivity contribution < 1.29 is 9.26 Å². The topological polar surface area (TPSA) is 60.2 Å². The summed E-state index contributed by atoms with van der Waals surface area (Å²) < 4.78 is 11.2. The van der Waals surface area contributed by atoms with E-state index in [1.807, 2.05) is 13.8 Å². The van der Waals surface area contributed by atoms with Gasteiger partial charge in [-0.25, -0.2) is 0 Å². The van der Waals surface area contributed by atoms with Gasteiger partial charge < -0.3 is 14.6 Å². The van der Waals surface area contributed by atoms with E-state index < -0.39 is 0 Å². The normalized spacial score (nSPS) is 19.4. The zero-order valence-electron chi connectivity index (χ0n) is 11.4. The number of anilines is 1. The molecule has 102 valence electrons. The van der Waals surface area contributed by atoms with Crippen LogP contribution in [0.15, 0.2) is 4.52 Å². The molecule has 0 radical (unpaired) electrons. The van der Waals surface area contributed by atoms with Crippen molar-refractivity contribution in [3.8, 4) is 0 Å². The minimum absolute atomic E-state index is 0.331. The van der Waals surface area contributed by atoms with Crippen LogP contribution in [0.1, 0.15) is 58.2 Å². The fraction of sp³-hybridized carbons (Fsp3) is 0.846. The van der Waals surface area contributed by atoms with Gasteiger partial charge in [-0.15, -0.1) is 0 Å². The molecule has 0 aliphatic heterocycles. The van der Waals surface area contributed by atoms with E-state index in [1.165, 1.54) is 25.7 Å². The van der Waals surface area contributed by atoms with Crippen molar-refractivity contribution >= 4 is 6.01 Å². The molecule has 18 heavy (non-hydrogen) atoms. The van der Waals surface area contributed by atoms with Gasteiger partial charge in [-0.3, -0.25) is 0 Å². The summed E-state index contributed by atoms with van der Waals surface area (Å²) in [7, 11) is 0. The second-order valence-electron chi connectivity index (χ2n) is 4.79. The zero-order chi connectivity index (χ0) is 12.8. The molecule has 5 heteroatoms. The highest BCUT2D eigenvalue weighted by atomic mass is 16.5. The Morgan fingerprint density at radius 1 is 1.22 bits per heavy atom. The lowest BCUT2D eigenvalue weighted by atomic mass is 9.93. The number of hydrogen-bond donors (Lipinski definition) is 1. The SMILES string of the molecule is CCNc1nc(C2(OCC)CCCCCC2)no1. The summed E-state index contributed by atoms with van der Waals surface area (Å²) in [5, 5.41) is 7.16. The van der Waals surface area contributed by atoms with E-state index in [-0.39, 0.29) is 5.60 Å². The molecule has 1 aromatic rings. The lowest BCUT2D eigenvalue weighted by Crippen LogP contribution is -2.30. The van der Waals surface area contributed by atoms with Crippen molar-refractivity contribution in [3.63, 3.8) is 0 Å². The number of aromatic nitrogens is 2. The van der Waals surface area contributed by atoms with E-state index in [4.69, 9.17) is 9.26 Å². The number of ether oxygens (including phenoxy) is 1. The van der Waals surface area contributed by atoms with Crippen molar-refractivity contribution in [3.05, 3.63) is 5.82 Å². The van der Waals surface area contributed by atoms with Gasteiger partial charge in [0.05, 0.1) is 0 Å². The summed E-state index contributed by atoms with van der Waals surface area (Å²) in [5.74, 6) is 0.710. The summed E-state index contributed by atoms with van der Waals surface area (Å²) in [6.45, 7) is 5.50. The summed E-state index contributed by atoms with van der Waals surface area (Å²) in [4.78, 5) is 4.44. The monoisotopic (exact) mass is 253 g/mol. The van der Waals surface area contributed by atoms with Gasteiger partial charge in [-0.2, -0.15) is 4.98 Å². The van der Waals surface area contributed by atoms with E-state index in [0.717, 1.165) is 19.4 Å². The van der Waals surface area contributed by atoms with Crippen molar-refractivity contribution in [2.24, 2.45) is 0 Å². The fourth-order valence-corrected chi connectivity index (χ4v) is 2.64. The van der Waals surface area contributed by atoms with Crippen molar-refractivity contribution in [2.45, 2.75) is 58.0 Å². The van der Waals surface area contributed by atoms with Gasteiger partial charge in [0.15, 0.2) is 0 Å². The fourth-order valence-electron chi connectivity index (χ4n) is 2.64. The number of nitrogens with one attached hydrogen (secondary N) is 1. The molecule has 1 aliphatic rings. The van der Waals surface area contributed by atoms with Crippen LogP contribution in [0, 0.1) is 0 Å². The summed E-state index contributed by atoms with van der Waals surface area (Å²) in [6, 6.07) is 0.496. The smallest absolute Gasteiger partial charge is 0.321 e. The van der Waals surface area contributed by atoms with Crippen LogP contribution in [-0.2, 0) is 10.3 Å². The molecule has 0 atom stereocenters. The maximum absolute atomic E-state index is 6.02. The highest BCUT2D eigenvalue weighted by Crippen LogP contribution is 2.38. The van der Waals surface area contributed by atoms with Crippen LogP contribution in [0.2, 0.25) is 0 Å². The van der Waals surface area contributed by atoms with E-state index in [9.17, 15) is 0 Å². The predicted octanol–water partition coefficient (Wildman–Crippen LogP) is 3.09. The maximum atomic E-state index is 6.02. The molecule has 1 aliphatic carbocycles. The largest absolute Gasteiger partial charge is 0.367 e. The van der Waals surface area contributed by atoms with Gasteiger partial charge in [-0.05, 0) is 26.7 Å². The average Bonchev–Trinajstić information content (AvgIpc) is 2.70. The van der Waals surface area contributed by atoms with Crippen LogP contribution in [0.25, 0.3) is 0 Å². The van der Waals surface area contributed by atoms with Gasteiger partial charge in [0.1, 0.15) is 5.60 Å². The van der Waals surface area contributed by atoms with Crippen LogP contribution >= 0.6 is 0 Å². The lowest BCUT2D eigenvalue weighted by molar-refractivity contribution is -0.0636. The van der Waals surface area contributed by atoms with Crippen LogP contribution in [-0.4, -0.2) is 23.3 Å². The average molecular weight is 253 g/mol. The second-order valence-corrected chi connectivity index (χ2v) is 4.79. The van der Waals surface area contributed by atoms with E-state index in [0.29, 0.717) is 18.4 Å². The maximum Gasteiger partial charge on any atom is 0.321 e. The molecule has 0 saturated heterocycles. The molecule has 0 bridgehead atoms. The van der Waals surface area contributed by atoms with Crippen molar-refractivity contribution in [1.82, 2.24) is 10.1 Å². The van der Waals surface area contributed by atoms with Gasteiger partial charge in [0.25, 0.3) is 0 Å². The molecule has 0 aromatic carbocycles. The standard InChI is InChI=1S/C13H23N3O2/c1-3-14-12-15-11(16-18-12)13(17-4-2)9-7-5-6-8-10-13/h3-10H2,1-2H3,(H,14,15,16). The third-order valence-electron chi connectivity index (χ3n) is 3.49. The number of nitrogens with zero attached hydrogens (tertiary/aromatic N) is 2. The van der Waals surface area contributed by atoms with E-state index in [1.54, 1.807) is 0 Å². The highest BCUT2D eigenvalue weighted by molar-refractivity contribution is 5.19. The van der Waals surface area contributed by atoms with Crippen LogP contribution < -0.4 is 5.32 Å². The third-order valence-corrected chi connectivity index (χ3v) is 3.49. The van der Waals surface area contributed by atoms with E-state index >= 15 is 0 Å². The quantitative estimate of drug-likeness (QED) is 0.817. The molecule has 1 N–H and O–H groups in total. The Hall–Kier alpha value is -1.10. The summed E-state index contributed by atoms with van der Waals surface area (Å²) >= 11 is 0. The van der Waals surface area contributed by atoms with Gasteiger partial charge >= 0.3 is 6.01 Å². The predicted molar refractivity (Wildman–Crippen MR) is 69.5 cm³/mol. The van der Waals surface area contributed by atoms with Crippen molar-refractivity contribution in [1.29, 1.82) is 0 Å². The minimum Gasteiger partial charge on any atom is -0.367 e. The van der Waals surface area contributed by atoms with Crippen LogP contribution in [0.3, 0.4) is 0 Å². The summed E-state index contributed by atoms with van der Waals surface area (Å²) in [6.07, 6.45) is 6.87. The first kappa shape index (κ1) is 13.3. The molecular formula is C13H23N3O2. The number of hydrogen-bond acceptors (Lipinski definition) is 5. The Bertz CT molecular complexity index is 357. The molecule has 1 heterocycles. The minimum atomic E-state index is -0.331. The molecule has 0 amide bonds. The Balaban J connectivity index is 2.20. The van der Waals surface area contributed by atoms with Crippen LogP contribution in [0.5, 0.6) is 0 Å². The number of rotatable bonds is 5. The van der Waals surface area contributed by atoms with Crippen molar-refractivity contribution in [2.75, 3.05) is 18.5 Å². The third kappa shape index (κ3) is 2.83. The molecule has 1 fully saturated rings. The molecule has 5 nitrogen and oxygen atoms in total. The molecule has 0 unspecified atom stereocenters. The second kappa shape index (κ2) is 6.18. The lowest BCUT2D eigenvalue weighted by Gasteiger charge is -2.29. The van der Waals surface area contributed by atoms with Gasteiger partial charge in [0, 0.05) is 13.2 Å². The van der Waals surface area contributed by atoms with Gasteiger partial charge in [0.2, 0.25) is 5.82 Å². The summed E-state index contributed by atoms with van der Waals surface area (Å²) in [5.41, 5.74) is -0.331. The van der Waals surface area contributed by atoms with E-state index in [2.05, 4.69) is 15.5 Å². The Morgan fingerprint density at radius 3 is 2.56 bits per heavy atom. The molecule has 1 aromatic heterocycles. The van der Waals surface area contributed by atoms with Gasteiger partial charge in [-0.1, -0.05) is 30.8 Å².